The van der Waals surface area contributed by atoms with Gasteiger partial charge in [-0.3, -0.25) is 5.84 Å². The van der Waals surface area contributed by atoms with Crippen LogP contribution in [-0.2, 0) is 0 Å². The monoisotopic (exact) mass is 133 g/mol. The van der Waals surface area contributed by atoms with Crippen LogP contribution in [0, 0.1) is 0 Å². The van der Waals surface area contributed by atoms with Crippen LogP contribution in [0.1, 0.15) is 0 Å². The molecule has 54 valence electrons. The molecule has 0 heterocycles. The summed E-state index contributed by atoms with van der Waals surface area (Å²) in [6, 6.07) is 0. The Bertz CT molecular complexity index is 72.1. The van der Waals surface area contributed by atoms with Crippen molar-refractivity contribution in [2.24, 2.45) is 11.6 Å². The van der Waals surface area contributed by atoms with E-state index in [0.717, 1.165) is 0 Å². The fourth-order valence-corrected chi connectivity index (χ4v) is 0.467. The van der Waals surface area contributed by atoms with Crippen molar-refractivity contribution in [2.45, 2.75) is 0 Å². The van der Waals surface area contributed by atoms with E-state index < -0.39 is 7.12 Å². The van der Waals surface area contributed by atoms with Crippen LogP contribution < -0.4 is 11.6 Å². The molecule has 0 aromatic rings. The Morgan fingerprint density at radius 2 is 2.00 bits per heavy atom. The van der Waals surface area contributed by atoms with Crippen LogP contribution in [0.4, 0.5) is 0 Å². The van der Waals surface area contributed by atoms with Gasteiger partial charge in [-0.15, -0.1) is 0 Å². The van der Waals surface area contributed by atoms with Gasteiger partial charge in [-0.1, -0.05) is 0 Å². The Morgan fingerprint density at radius 1 is 1.44 bits per heavy atom. The number of hydrogen-bond acceptors (Lipinski definition) is 5. The third-order valence-corrected chi connectivity index (χ3v) is 0.814. The van der Waals surface area contributed by atoms with Crippen molar-refractivity contribution in [1.82, 2.24) is 5.01 Å². The smallest absolute Gasteiger partial charge is 0.426 e. The molecular formula is C3H12BN3O2. The molecule has 9 heavy (non-hydrogen) atoms. The maximum atomic E-state index is 8.34. The molecule has 0 radical (unpaired) electrons. The molecule has 5 nitrogen and oxygen atoms in total. The lowest BCUT2D eigenvalue weighted by atomic mass is 9.92. The molecule has 0 aromatic heterocycles. The predicted molar refractivity (Wildman–Crippen MR) is 35.0 cm³/mol. The summed E-state index contributed by atoms with van der Waals surface area (Å²) in [5, 5.41) is 17.9. The minimum atomic E-state index is -1.37. The summed E-state index contributed by atoms with van der Waals surface area (Å²) in [6.45, 7) is 0.890. The van der Waals surface area contributed by atoms with Crippen LogP contribution in [0.3, 0.4) is 0 Å². The molecule has 0 amide bonds. The van der Waals surface area contributed by atoms with E-state index in [4.69, 9.17) is 21.6 Å². The van der Waals surface area contributed by atoms with Crippen molar-refractivity contribution in [2.75, 3.05) is 19.5 Å². The first kappa shape index (κ1) is 8.86. The van der Waals surface area contributed by atoms with Gasteiger partial charge in [-0.25, -0.2) is 5.01 Å². The molecule has 0 unspecified atom stereocenters. The SMILES string of the molecule is NCCN(N)CB(O)O. The van der Waals surface area contributed by atoms with E-state index in [1.54, 1.807) is 0 Å². The standard InChI is InChI=1S/C3H12BN3O2/c5-1-2-7(6)3-4(8)9/h8-9H,1-3,5-6H2. The van der Waals surface area contributed by atoms with Crippen molar-refractivity contribution < 1.29 is 10.0 Å². The Labute approximate surface area is 54.4 Å². The highest BCUT2D eigenvalue weighted by Gasteiger charge is 2.09. The van der Waals surface area contributed by atoms with Crippen LogP contribution in [0.5, 0.6) is 0 Å². The average Bonchev–Trinajstić information content (AvgIpc) is 1.63. The minimum absolute atomic E-state index is 0.0389. The summed E-state index contributed by atoms with van der Waals surface area (Å²) in [5.41, 5.74) is 5.12. The molecule has 0 aliphatic carbocycles. The Morgan fingerprint density at radius 3 is 2.33 bits per heavy atom. The summed E-state index contributed by atoms with van der Waals surface area (Å²) in [6.07, 6.45) is 0.0389. The summed E-state index contributed by atoms with van der Waals surface area (Å²) >= 11 is 0. The summed E-state index contributed by atoms with van der Waals surface area (Å²) in [4.78, 5) is 0. The highest BCUT2D eigenvalue weighted by atomic mass is 16.4. The zero-order chi connectivity index (χ0) is 7.28. The van der Waals surface area contributed by atoms with Crippen LogP contribution in [0.15, 0.2) is 0 Å². The zero-order valence-electron chi connectivity index (χ0n) is 5.20. The lowest BCUT2D eigenvalue weighted by molar-refractivity contribution is 0.290. The van der Waals surface area contributed by atoms with E-state index in [1.807, 2.05) is 0 Å². The number of hydrogen-bond donors (Lipinski definition) is 4. The van der Waals surface area contributed by atoms with E-state index >= 15 is 0 Å². The molecule has 0 aliphatic heterocycles. The van der Waals surface area contributed by atoms with E-state index in [1.165, 1.54) is 5.01 Å². The predicted octanol–water partition coefficient (Wildman–Crippen LogP) is -2.87. The van der Waals surface area contributed by atoms with Gasteiger partial charge in [0.2, 0.25) is 0 Å². The van der Waals surface area contributed by atoms with Gasteiger partial charge in [-0.2, -0.15) is 0 Å². The molecule has 0 saturated carbocycles. The summed E-state index contributed by atoms with van der Waals surface area (Å²) in [5.74, 6) is 5.22. The first-order chi connectivity index (χ1) is 4.16. The zero-order valence-corrected chi connectivity index (χ0v) is 5.20. The summed E-state index contributed by atoms with van der Waals surface area (Å²) < 4.78 is 0. The topological polar surface area (TPSA) is 95.7 Å². The highest BCUT2D eigenvalue weighted by Crippen LogP contribution is 1.75. The second-order valence-electron chi connectivity index (χ2n) is 1.76. The number of nitrogens with zero attached hydrogens (tertiary/aromatic N) is 1. The van der Waals surface area contributed by atoms with E-state index in [9.17, 15) is 0 Å². The molecule has 0 rings (SSSR count). The number of nitrogens with two attached hydrogens (primary N) is 2. The van der Waals surface area contributed by atoms with Crippen LogP contribution in [-0.4, -0.2) is 41.7 Å². The van der Waals surface area contributed by atoms with Crippen molar-refractivity contribution in [1.29, 1.82) is 0 Å². The molecule has 6 heteroatoms. The lowest BCUT2D eigenvalue weighted by Gasteiger charge is -2.13. The fraction of sp³-hybridized carbons (Fsp3) is 1.00. The molecule has 0 saturated heterocycles. The molecule has 0 aromatic carbocycles. The maximum absolute atomic E-state index is 8.34. The number of rotatable bonds is 4. The maximum Gasteiger partial charge on any atom is 0.468 e. The van der Waals surface area contributed by atoms with Gasteiger partial charge in [0, 0.05) is 19.5 Å². The van der Waals surface area contributed by atoms with Crippen LogP contribution in [0.2, 0.25) is 0 Å². The summed E-state index contributed by atoms with van der Waals surface area (Å²) in [7, 11) is -1.37. The Kier molecular flexibility index (Phi) is 4.65. The van der Waals surface area contributed by atoms with E-state index in [2.05, 4.69) is 0 Å². The van der Waals surface area contributed by atoms with E-state index in [-0.39, 0.29) is 6.44 Å². The number of hydrazine groups is 1. The van der Waals surface area contributed by atoms with E-state index in [0.29, 0.717) is 13.1 Å². The van der Waals surface area contributed by atoms with Crippen molar-refractivity contribution in [3.05, 3.63) is 0 Å². The second-order valence-corrected chi connectivity index (χ2v) is 1.76. The highest BCUT2D eigenvalue weighted by molar-refractivity contribution is 6.41. The van der Waals surface area contributed by atoms with Crippen LogP contribution >= 0.6 is 0 Å². The molecule has 0 spiro atoms. The van der Waals surface area contributed by atoms with Crippen molar-refractivity contribution >= 4 is 7.12 Å². The van der Waals surface area contributed by atoms with Gasteiger partial charge in [0.15, 0.2) is 0 Å². The average molecular weight is 133 g/mol. The van der Waals surface area contributed by atoms with Gasteiger partial charge in [0.05, 0.1) is 0 Å². The van der Waals surface area contributed by atoms with Gasteiger partial charge in [0.25, 0.3) is 0 Å². The molecule has 0 bridgehead atoms. The fourth-order valence-electron chi connectivity index (χ4n) is 0.467. The molecule has 0 atom stereocenters. The normalized spacial score (nSPS) is 10.3. The first-order valence-corrected chi connectivity index (χ1v) is 2.72. The largest absolute Gasteiger partial charge is 0.468 e. The van der Waals surface area contributed by atoms with Gasteiger partial charge in [0.1, 0.15) is 0 Å². The third kappa shape index (κ3) is 5.74. The first-order valence-electron chi connectivity index (χ1n) is 2.72. The molecular weight excluding hydrogens is 121 g/mol. The Balaban J connectivity index is 3.15. The van der Waals surface area contributed by atoms with Gasteiger partial charge < -0.3 is 15.8 Å². The van der Waals surface area contributed by atoms with Crippen LogP contribution in [0.25, 0.3) is 0 Å². The van der Waals surface area contributed by atoms with Crippen molar-refractivity contribution in [3.8, 4) is 0 Å². The van der Waals surface area contributed by atoms with Crippen molar-refractivity contribution in [3.63, 3.8) is 0 Å². The minimum Gasteiger partial charge on any atom is -0.426 e. The lowest BCUT2D eigenvalue weighted by Crippen LogP contribution is -2.43. The van der Waals surface area contributed by atoms with Gasteiger partial charge in [-0.05, 0) is 0 Å². The second kappa shape index (κ2) is 4.72. The third-order valence-electron chi connectivity index (χ3n) is 0.814. The van der Waals surface area contributed by atoms with Gasteiger partial charge >= 0.3 is 7.12 Å². The molecule has 0 aliphatic rings. The molecule has 0 fully saturated rings. The quantitative estimate of drug-likeness (QED) is 0.188. The molecule has 6 N–H and O–H groups in total. The Hall–Kier alpha value is -0.135.